The van der Waals surface area contributed by atoms with Crippen LogP contribution >= 0.6 is 0 Å². The first-order chi connectivity index (χ1) is 8.56. The lowest BCUT2D eigenvalue weighted by Gasteiger charge is -2.13. The Morgan fingerprint density at radius 3 is 3.17 bits per heavy atom. The maximum absolute atomic E-state index is 13.0. The van der Waals surface area contributed by atoms with E-state index in [2.05, 4.69) is 5.32 Å². The van der Waals surface area contributed by atoms with E-state index in [1.807, 2.05) is 0 Å². The highest BCUT2D eigenvalue weighted by molar-refractivity contribution is 5.78. The quantitative estimate of drug-likeness (QED) is 0.665. The number of hydrogen-bond donors (Lipinski definition) is 3. The van der Waals surface area contributed by atoms with E-state index in [0.29, 0.717) is 18.7 Å². The molecule has 1 aromatic rings. The van der Waals surface area contributed by atoms with E-state index < -0.39 is 12.0 Å². The SMILES string of the molecule is NC(=O)C(O)CNCC1Cc2cc(F)ccc2O1. The molecule has 0 saturated heterocycles. The van der Waals surface area contributed by atoms with Gasteiger partial charge in [-0.25, -0.2) is 4.39 Å². The molecule has 1 aliphatic rings. The predicted molar refractivity (Wildman–Crippen MR) is 62.6 cm³/mol. The van der Waals surface area contributed by atoms with Gasteiger partial charge in [0, 0.05) is 25.1 Å². The third-order valence-corrected chi connectivity index (χ3v) is 2.80. The molecule has 2 atom stereocenters. The molecular formula is C12H15FN2O3. The zero-order chi connectivity index (χ0) is 13.1. The van der Waals surface area contributed by atoms with Gasteiger partial charge in [0.2, 0.25) is 5.91 Å². The maximum atomic E-state index is 13.0. The van der Waals surface area contributed by atoms with Crippen molar-refractivity contribution in [3.63, 3.8) is 0 Å². The molecule has 0 aromatic heterocycles. The number of hydrogen-bond acceptors (Lipinski definition) is 4. The molecule has 18 heavy (non-hydrogen) atoms. The third-order valence-electron chi connectivity index (χ3n) is 2.80. The van der Waals surface area contributed by atoms with Crippen LogP contribution in [0, 0.1) is 5.82 Å². The van der Waals surface area contributed by atoms with Gasteiger partial charge in [0.05, 0.1) is 0 Å². The van der Waals surface area contributed by atoms with Crippen LogP contribution in [-0.4, -0.2) is 36.3 Å². The number of aliphatic hydroxyl groups excluding tert-OH is 1. The first-order valence-electron chi connectivity index (χ1n) is 5.69. The minimum atomic E-state index is -1.20. The molecule has 1 aromatic carbocycles. The Kier molecular flexibility index (Phi) is 3.78. The van der Waals surface area contributed by atoms with Crippen molar-refractivity contribution < 1.29 is 19.0 Å². The molecule has 0 bridgehead atoms. The van der Waals surface area contributed by atoms with Gasteiger partial charge in [0.15, 0.2) is 0 Å². The fourth-order valence-corrected chi connectivity index (χ4v) is 1.88. The van der Waals surface area contributed by atoms with Crippen molar-refractivity contribution in [1.29, 1.82) is 0 Å². The lowest BCUT2D eigenvalue weighted by molar-refractivity contribution is -0.125. The molecule has 1 heterocycles. The molecular weight excluding hydrogens is 239 g/mol. The van der Waals surface area contributed by atoms with Gasteiger partial charge < -0.3 is 20.9 Å². The van der Waals surface area contributed by atoms with Gasteiger partial charge >= 0.3 is 0 Å². The van der Waals surface area contributed by atoms with Gasteiger partial charge in [-0.1, -0.05) is 0 Å². The van der Waals surface area contributed by atoms with E-state index >= 15 is 0 Å². The van der Waals surface area contributed by atoms with Gasteiger partial charge in [0.25, 0.3) is 0 Å². The summed E-state index contributed by atoms with van der Waals surface area (Å²) >= 11 is 0. The van der Waals surface area contributed by atoms with Crippen LogP contribution in [0.2, 0.25) is 0 Å². The average Bonchev–Trinajstić information content (AvgIpc) is 2.70. The number of amides is 1. The molecule has 2 rings (SSSR count). The fourth-order valence-electron chi connectivity index (χ4n) is 1.88. The van der Waals surface area contributed by atoms with E-state index in [0.717, 1.165) is 5.56 Å². The number of rotatable bonds is 5. The van der Waals surface area contributed by atoms with Crippen LogP contribution in [0.4, 0.5) is 4.39 Å². The summed E-state index contributed by atoms with van der Waals surface area (Å²) in [6.07, 6.45) is -0.722. The minimum absolute atomic E-state index is 0.0832. The zero-order valence-electron chi connectivity index (χ0n) is 9.73. The number of ether oxygens (including phenoxy) is 1. The van der Waals surface area contributed by atoms with Crippen molar-refractivity contribution >= 4 is 5.91 Å². The monoisotopic (exact) mass is 254 g/mol. The molecule has 2 unspecified atom stereocenters. The smallest absolute Gasteiger partial charge is 0.247 e. The van der Waals surface area contributed by atoms with E-state index in [9.17, 15) is 14.3 Å². The molecule has 6 heteroatoms. The first kappa shape index (κ1) is 12.8. The Morgan fingerprint density at radius 1 is 1.67 bits per heavy atom. The number of nitrogens with two attached hydrogens (primary N) is 1. The largest absolute Gasteiger partial charge is 0.488 e. The molecule has 98 valence electrons. The second-order valence-electron chi connectivity index (χ2n) is 4.27. The Hall–Kier alpha value is -1.66. The number of halogens is 1. The van der Waals surface area contributed by atoms with Crippen LogP contribution in [0.5, 0.6) is 5.75 Å². The molecule has 5 nitrogen and oxygen atoms in total. The number of fused-ring (bicyclic) bond motifs is 1. The van der Waals surface area contributed by atoms with Crippen LogP contribution in [0.15, 0.2) is 18.2 Å². The van der Waals surface area contributed by atoms with Crippen molar-refractivity contribution in [3.8, 4) is 5.75 Å². The predicted octanol–water partition coefficient (Wildman–Crippen LogP) is -0.435. The highest BCUT2D eigenvalue weighted by Crippen LogP contribution is 2.28. The normalized spacial score (nSPS) is 19.1. The summed E-state index contributed by atoms with van der Waals surface area (Å²) in [5.74, 6) is -0.367. The molecule has 4 N–H and O–H groups in total. The topological polar surface area (TPSA) is 84.6 Å². The van der Waals surface area contributed by atoms with E-state index in [1.165, 1.54) is 12.1 Å². The molecule has 0 radical (unpaired) electrons. The molecule has 0 saturated carbocycles. The number of carbonyl (C=O) groups is 1. The number of nitrogens with one attached hydrogen (secondary N) is 1. The van der Waals surface area contributed by atoms with Crippen molar-refractivity contribution in [3.05, 3.63) is 29.6 Å². The van der Waals surface area contributed by atoms with Gasteiger partial charge in [-0.3, -0.25) is 4.79 Å². The summed E-state index contributed by atoms with van der Waals surface area (Å²) in [5, 5.41) is 12.1. The van der Waals surface area contributed by atoms with Crippen LogP contribution in [-0.2, 0) is 11.2 Å². The van der Waals surface area contributed by atoms with Gasteiger partial charge in [-0.15, -0.1) is 0 Å². The molecule has 0 fully saturated rings. The Labute approximate surface area is 104 Å². The first-order valence-corrected chi connectivity index (χ1v) is 5.69. The van der Waals surface area contributed by atoms with Gasteiger partial charge in [-0.2, -0.15) is 0 Å². The highest BCUT2D eigenvalue weighted by atomic mass is 19.1. The van der Waals surface area contributed by atoms with E-state index in [4.69, 9.17) is 10.5 Å². The molecule has 1 aliphatic heterocycles. The number of primary amides is 1. The third kappa shape index (κ3) is 2.96. The summed E-state index contributed by atoms with van der Waals surface area (Å²) in [6.45, 7) is 0.542. The van der Waals surface area contributed by atoms with Crippen LogP contribution < -0.4 is 15.8 Å². The maximum Gasteiger partial charge on any atom is 0.247 e. The number of carbonyl (C=O) groups excluding carboxylic acids is 1. The van der Waals surface area contributed by atoms with Crippen molar-refractivity contribution in [2.75, 3.05) is 13.1 Å². The second kappa shape index (κ2) is 5.32. The van der Waals surface area contributed by atoms with Crippen molar-refractivity contribution in [2.45, 2.75) is 18.6 Å². The Balaban J connectivity index is 1.80. The summed E-state index contributed by atoms with van der Waals surface area (Å²) in [6, 6.07) is 4.40. The number of aliphatic hydroxyl groups is 1. The second-order valence-corrected chi connectivity index (χ2v) is 4.27. The Bertz CT molecular complexity index is 453. The van der Waals surface area contributed by atoms with E-state index in [1.54, 1.807) is 6.07 Å². The lowest BCUT2D eigenvalue weighted by Crippen LogP contribution is -2.40. The molecule has 1 amide bonds. The van der Waals surface area contributed by atoms with Crippen molar-refractivity contribution in [1.82, 2.24) is 5.32 Å². The van der Waals surface area contributed by atoms with Gasteiger partial charge in [0.1, 0.15) is 23.8 Å². The molecule has 0 spiro atoms. The van der Waals surface area contributed by atoms with Crippen LogP contribution in [0.1, 0.15) is 5.56 Å². The summed E-state index contributed by atoms with van der Waals surface area (Å²) in [4.78, 5) is 10.6. The molecule has 0 aliphatic carbocycles. The van der Waals surface area contributed by atoms with Crippen molar-refractivity contribution in [2.24, 2.45) is 5.73 Å². The van der Waals surface area contributed by atoms with Gasteiger partial charge in [-0.05, 0) is 18.2 Å². The zero-order valence-corrected chi connectivity index (χ0v) is 9.73. The standard InChI is InChI=1S/C12H15FN2O3/c13-8-1-2-11-7(3-8)4-9(18-11)5-15-6-10(16)12(14)17/h1-3,9-10,15-16H,4-6H2,(H2,14,17). The summed E-state index contributed by atoms with van der Waals surface area (Å²) < 4.78 is 18.6. The summed E-state index contributed by atoms with van der Waals surface area (Å²) in [5.41, 5.74) is 5.74. The van der Waals surface area contributed by atoms with Crippen LogP contribution in [0.3, 0.4) is 0 Å². The average molecular weight is 254 g/mol. The summed E-state index contributed by atoms with van der Waals surface area (Å²) in [7, 11) is 0. The van der Waals surface area contributed by atoms with Crippen LogP contribution in [0.25, 0.3) is 0 Å². The fraction of sp³-hybridized carbons (Fsp3) is 0.417. The minimum Gasteiger partial charge on any atom is -0.488 e. The highest BCUT2D eigenvalue weighted by Gasteiger charge is 2.23. The lowest BCUT2D eigenvalue weighted by atomic mass is 10.1. The Morgan fingerprint density at radius 2 is 2.44 bits per heavy atom. The number of benzene rings is 1. The van der Waals surface area contributed by atoms with E-state index in [-0.39, 0.29) is 18.5 Å².